The Labute approximate surface area is 203 Å². The largest absolute Gasteiger partial charge is 0.478 e. The minimum atomic E-state index is -1.31. The number of carbonyl (C=O) groups is 3. The molecular weight excluding hydrogens is 460 g/mol. The lowest BCUT2D eigenvalue weighted by molar-refractivity contribution is -0.384. The molecule has 1 heterocycles. The number of aliphatic carboxylic acids is 1. The quantitative estimate of drug-likeness (QED) is 0.235. The van der Waals surface area contributed by atoms with Crippen LogP contribution in [0.2, 0.25) is 0 Å². The summed E-state index contributed by atoms with van der Waals surface area (Å²) in [5.74, 6) is -3.99. The van der Waals surface area contributed by atoms with Gasteiger partial charge in [-0.1, -0.05) is 12.1 Å². The molecule has 2 rings (SSSR count). The molecule has 0 saturated heterocycles. The number of non-ortho nitro benzene ring substituents is 1. The van der Waals surface area contributed by atoms with Crippen molar-refractivity contribution in [1.29, 1.82) is 0 Å². The second-order valence-electron chi connectivity index (χ2n) is 8.87. The van der Waals surface area contributed by atoms with E-state index in [1.54, 1.807) is 41.5 Å². The molecule has 11 heteroatoms. The van der Waals surface area contributed by atoms with Crippen molar-refractivity contribution in [2.75, 3.05) is 20.1 Å². The van der Waals surface area contributed by atoms with E-state index in [0.29, 0.717) is 18.0 Å². The molecule has 1 aliphatic heterocycles. The maximum atomic E-state index is 13.2. The highest BCUT2D eigenvalue weighted by atomic mass is 16.7. The standard InChI is InChI=1S/C24H30N2O9/c1-7-33-12-25-14(2)18(21(27)28)20(16-9-8-10-17(11-16)26(31)32)19(15(25)3)22(29)34-13-35-23(30)24(4,5)6/h8-11,20H,7,12-13H2,1-6H3,(H,27,28). The molecule has 0 bridgehead atoms. The third-order valence-corrected chi connectivity index (χ3v) is 5.45. The number of nitro benzene ring substituents is 1. The molecule has 1 aliphatic rings. The summed E-state index contributed by atoms with van der Waals surface area (Å²) < 4.78 is 15.7. The summed E-state index contributed by atoms with van der Waals surface area (Å²) in [6.45, 7) is 9.51. The molecule has 0 spiro atoms. The predicted octanol–water partition coefficient (Wildman–Crippen LogP) is 3.71. The molecule has 1 aromatic carbocycles. The molecule has 0 saturated carbocycles. The predicted molar refractivity (Wildman–Crippen MR) is 124 cm³/mol. The van der Waals surface area contributed by atoms with Crippen LogP contribution in [0, 0.1) is 15.5 Å². The van der Waals surface area contributed by atoms with Crippen molar-refractivity contribution in [3.05, 3.63) is 62.5 Å². The number of ether oxygens (including phenoxy) is 3. The summed E-state index contributed by atoms with van der Waals surface area (Å²) >= 11 is 0. The Morgan fingerprint density at radius 1 is 1.11 bits per heavy atom. The Morgan fingerprint density at radius 3 is 2.29 bits per heavy atom. The van der Waals surface area contributed by atoms with Crippen LogP contribution in [0.1, 0.15) is 53.0 Å². The van der Waals surface area contributed by atoms with Gasteiger partial charge in [0.1, 0.15) is 6.73 Å². The fourth-order valence-corrected chi connectivity index (χ4v) is 3.61. The number of rotatable bonds is 9. The van der Waals surface area contributed by atoms with Crippen molar-refractivity contribution in [1.82, 2.24) is 4.90 Å². The van der Waals surface area contributed by atoms with Gasteiger partial charge in [0.2, 0.25) is 6.79 Å². The highest BCUT2D eigenvalue weighted by Gasteiger charge is 2.40. The summed E-state index contributed by atoms with van der Waals surface area (Å²) in [6.07, 6.45) is 0. The number of benzene rings is 1. The second kappa shape index (κ2) is 11.1. The van der Waals surface area contributed by atoms with E-state index < -0.39 is 41.0 Å². The normalized spacial score (nSPS) is 16.3. The number of nitrogens with zero attached hydrogens (tertiary/aromatic N) is 2. The summed E-state index contributed by atoms with van der Waals surface area (Å²) in [7, 11) is 0. The maximum Gasteiger partial charge on any atom is 0.339 e. The zero-order chi connectivity index (χ0) is 26.5. The van der Waals surface area contributed by atoms with Crippen LogP contribution >= 0.6 is 0 Å². The molecule has 0 aromatic heterocycles. The van der Waals surface area contributed by atoms with Gasteiger partial charge in [-0.25, -0.2) is 9.59 Å². The molecular formula is C24H30N2O9. The number of hydrogen-bond donors (Lipinski definition) is 1. The van der Waals surface area contributed by atoms with E-state index in [4.69, 9.17) is 14.2 Å². The molecule has 0 amide bonds. The van der Waals surface area contributed by atoms with E-state index in [2.05, 4.69) is 0 Å². The molecule has 11 nitrogen and oxygen atoms in total. The van der Waals surface area contributed by atoms with Gasteiger partial charge in [-0.3, -0.25) is 14.9 Å². The highest BCUT2D eigenvalue weighted by molar-refractivity contribution is 5.99. The fourth-order valence-electron chi connectivity index (χ4n) is 3.61. The van der Waals surface area contributed by atoms with E-state index >= 15 is 0 Å². The zero-order valence-corrected chi connectivity index (χ0v) is 20.6. The Bertz CT molecular complexity index is 1080. The number of allylic oxidation sites excluding steroid dienone is 2. The van der Waals surface area contributed by atoms with Crippen LogP contribution in [0.3, 0.4) is 0 Å². The zero-order valence-electron chi connectivity index (χ0n) is 20.6. The number of carboxylic acids is 1. The molecule has 0 radical (unpaired) electrons. The summed E-state index contributed by atoms with van der Waals surface area (Å²) in [6, 6.07) is 5.41. The summed E-state index contributed by atoms with van der Waals surface area (Å²) in [4.78, 5) is 49.9. The molecule has 1 unspecified atom stereocenters. The SMILES string of the molecule is CCOCN1C(C)=C(C(=O)O)C(c2cccc([N+](=O)[O-])c2)C(C(=O)OCOC(=O)C(C)(C)C)=C1C. The van der Waals surface area contributed by atoms with Crippen molar-refractivity contribution in [2.45, 2.75) is 47.5 Å². The van der Waals surface area contributed by atoms with E-state index in [1.807, 2.05) is 0 Å². The lowest BCUT2D eigenvalue weighted by atomic mass is 9.79. The fraction of sp³-hybridized carbons (Fsp3) is 0.458. The minimum Gasteiger partial charge on any atom is -0.478 e. The minimum absolute atomic E-state index is 0.0254. The van der Waals surface area contributed by atoms with Gasteiger partial charge in [0.25, 0.3) is 5.69 Å². The van der Waals surface area contributed by atoms with Crippen molar-refractivity contribution < 1.29 is 38.6 Å². The Hall–Kier alpha value is -3.73. The van der Waals surface area contributed by atoms with Crippen LogP contribution in [0.15, 0.2) is 46.8 Å². The second-order valence-corrected chi connectivity index (χ2v) is 8.87. The molecule has 0 fully saturated rings. The van der Waals surface area contributed by atoms with Gasteiger partial charge in [0.05, 0.1) is 27.4 Å². The van der Waals surface area contributed by atoms with Gasteiger partial charge in [-0.2, -0.15) is 0 Å². The highest BCUT2D eigenvalue weighted by Crippen LogP contribution is 2.43. The monoisotopic (exact) mass is 490 g/mol. The van der Waals surface area contributed by atoms with Gasteiger partial charge in [-0.15, -0.1) is 0 Å². The van der Waals surface area contributed by atoms with Crippen LogP contribution in [-0.4, -0.2) is 53.0 Å². The third-order valence-electron chi connectivity index (χ3n) is 5.45. The van der Waals surface area contributed by atoms with E-state index in [-0.39, 0.29) is 29.1 Å². The number of carboxylic acid groups (broad SMARTS) is 1. The van der Waals surface area contributed by atoms with Crippen LogP contribution < -0.4 is 0 Å². The van der Waals surface area contributed by atoms with Gasteiger partial charge < -0.3 is 24.2 Å². The smallest absolute Gasteiger partial charge is 0.339 e. The number of carbonyl (C=O) groups excluding carboxylic acids is 2. The Morgan fingerprint density at radius 2 is 1.74 bits per heavy atom. The topological polar surface area (TPSA) is 146 Å². The van der Waals surface area contributed by atoms with Crippen LogP contribution in [-0.2, 0) is 28.6 Å². The van der Waals surface area contributed by atoms with E-state index in [0.717, 1.165) is 0 Å². The number of nitro groups is 1. The first-order valence-electron chi connectivity index (χ1n) is 10.9. The van der Waals surface area contributed by atoms with Crippen molar-refractivity contribution in [3.8, 4) is 0 Å². The van der Waals surface area contributed by atoms with Crippen LogP contribution in [0.4, 0.5) is 5.69 Å². The van der Waals surface area contributed by atoms with Gasteiger partial charge >= 0.3 is 17.9 Å². The van der Waals surface area contributed by atoms with Crippen molar-refractivity contribution >= 4 is 23.6 Å². The first-order valence-corrected chi connectivity index (χ1v) is 10.9. The lowest BCUT2D eigenvalue weighted by Crippen LogP contribution is -2.36. The molecule has 1 atom stereocenters. The van der Waals surface area contributed by atoms with Crippen molar-refractivity contribution in [3.63, 3.8) is 0 Å². The number of esters is 2. The number of hydrogen-bond acceptors (Lipinski definition) is 9. The van der Waals surface area contributed by atoms with Crippen molar-refractivity contribution in [2.24, 2.45) is 5.41 Å². The third kappa shape index (κ3) is 6.24. The average molecular weight is 491 g/mol. The van der Waals surface area contributed by atoms with Crippen LogP contribution in [0.5, 0.6) is 0 Å². The molecule has 0 aliphatic carbocycles. The maximum absolute atomic E-state index is 13.2. The van der Waals surface area contributed by atoms with E-state index in [9.17, 15) is 29.6 Å². The average Bonchev–Trinajstić information content (AvgIpc) is 2.77. The molecule has 1 N–H and O–H groups in total. The van der Waals surface area contributed by atoms with Gasteiger partial charge in [0, 0.05) is 30.1 Å². The Kier molecular flexibility index (Phi) is 8.75. The van der Waals surface area contributed by atoms with Gasteiger partial charge in [-0.05, 0) is 47.1 Å². The Balaban J connectivity index is 2.59. The van der Waals surface area contributed by atoms with Gasteiger partial charge in [0.15, 0.2) is 0 Å². The summed E-state index contributed by atoms with van der Waals surface area (Å²) in [5, 5.41) is 21.4. The molecule has 35 heavy (non-hydrogen) atoms. The van der Waals surface area contributed by atoms with E-state index in [1.165, 1.54) is 29.2 Å². The molecule has 190 valence electrons. The lowest BCUT2D eigenvalue weighted by Gasteiger charge is -2.37. The molecule has 1 aromatic rings. The first-order chi connectivity index (χ1) is 16.3. The first kappa shape index (κ1) is 27.5. The van der Waals surface area contributed by atoms with Crippen LogP contribution in [0.25, 0.3) is 0 Å². The summed E-state index contributed by atoms with van der Waals surface area (Å²) in [5.41, 5.74) is -0.395.